The Morgan fingerprint density at radius 2 is 1.83 bits per heavy atom. The number of sulfonamides is 1. The Labute approximate surface area is 175 Å². The number of carbonyl (C=O) groups is 1. The average Bonchev–Trinajstić information content (AvgIpc) is 2.75. The number of nitrogens with zero attached hydrogens (tertiary/aromatic N) is 2. The number of benzene rings is 1. The van der Waals surface area contributed by atoms with E-state index in [-0.39, 0.29) is 22.1 Å². The first-order valence-electron chi connectivity index (χ1n) is 9.44. The van der Waals surface area contributed by atoms with Crippen molar-refractivity contribution in [3.63, 3.8) is 0 Å². The van der Waals surface area contributed by atoms with E-state index in [2.05, 4.69) is 10.3 Å². The molecule has 29 heavy (non-hydrogen) atoms. The van der Waals surface area contributed by atoms with Crippen LogP contribution in [0.3, 0.4) is 0 Å². The summed E-state index contributed by atoms with van der Waals surface area (Å²) in [5.41, 5.74) is 1.04. The first-order valence-corrected chi connectivity index (χ1v) is 11.8. The smallest absolute Gasteiger partial charge is 0.244 e. The molecule has 1 fully saturated rings. The summed E-state index contributed by atoms with van der Waals surface area (Å²) < 4.78 is 31.9. The van der Waals surface area contributed by atoms with Crippen LogP contribution in [0.2, 0.25) is 0 Å². The molecule has 0 aliphatic carbocycles. The zero-order valence-electron chi connectivity index (χ0n) is 16.4. The monoisotopic (exact) mass is 435 g/mol. The molecule has 0 saturated carbocycles. The lowest BCUT2D eigenvalue weighted by Gasteiger charge is -2.25. The molecule has 9 heteroatoms. The van der Waals surface area contributed by atoms with Gasteiger partial charge in [0.05, 0.1) is 29.5 Å². The highest BCUT2D eigenvalue weighted by Gasteiger charge is 2.27. The standard InChI is InChI=1S/C20H25N3O4S2/c1-15(17-6-4-3-5-7-17)22-20(24)16(2)28-19-9-8-18(14-21-19)29(25,26)23-10-12-27-13-11-23/h3-9,14-16H,10-13H2,1-2H3,(H,22,24). The maximum atomic E-state index is 12.6. The molecule has 7 nitrogen and oxygen atoms in total. The Bertz CT molecular complexity index is 915. The van der Waals surface area contributed by atoms with E-state index in [1.807, 2.05) is 37.3 Å². The summed E-state index contributed by atoms with van der Waals surface area (Å²) in [5.74, 6) is -0.0989. The second-order valence-electron chi connectivity index (χ2n) is 6.75. The van der Waals surface area contributed by atoms with E-state index >= 15 is 0 Å². The molecule has 2 heterocycles. The normalized spacial score (nSPS) is 17.4. The van der Waals surface area contributed by atoms with E-state index in [0.717, 1.165) is 5.56 Å². The van der Waals surface area contributed by atoms with Gasteiger partial charge in [-0.3, -0.25) is 4.79 Å². The van der Waals surface area contributed by atoms with Crippen LogP contribution in [-0.2, 0) is 19.6 Å². The molecule has 1 aliphatic rings. The molecule has 156 valence electrons. The summed E-state index contributed by atoms with van der Waals surface area (Å²) >= 11 is 1.29. The van der Waals surface area contributed by atoms with Crippen molar-refractivity contribution in [2.24, 2.45) is 0 Å². The lowest BCUT2D eigenvalue weighted by molar-refractivity contribution is -0.120. The highest BCUT2D eigenvalue weighted by molar-refractivity contribution is 8.00. The number of carbonyl (C=O) groups excluding carboxylic acids is 1. The third-order valence-electron chi connectivity index (χ3n) is 4.64. The number of aromatic nitrogens is 1. The van der Waals surface area contributed by atoms with Crippen molar-refractivity contribution in [2.45, 2.75) is 35.1 Å². The third kappa shape index (κ3) is 5.57. The average molecular weight is 436 g/mol. The molecule has 2 atom stereocenters. The molecule has 1 amide bonds. The van der Waals surface area contributed by atoms with Gasteiger partial charge in [-0.05, 0) is 31.5 Å². The number of pyridine rings is 1. The van der Waals surface area contributed by atoms with Crippen molar-refractivity contribution < 1.29 is 17.9 Å². The van der Waals surface area contributed by atoms with E-state index in [1.165, 1.54) is 28.3 Å². The number of nitrogens with one attached hydrogen (secondary N) is 1. The number of hydrogen-bond donors (Lipinski definition) is 1. The van der Waals surface area contributed by atoms with Gasteiger partial charge in [0.15, 0.2) is 0 Å². The molecule has 2 aromatic rings. The SMILES string of the molecule is CC(Sc1ccc(S(=O)(=O)N2CCOCC2)cn1)C(=O)NC(C)c1ccccc1. The molecule has 0 bridgehead atoms. The minimum Gasteiger partial charge on any atom is -0.379 e. The number of hydrogen-bond acceptors (Lipinski definition) is 6. The third-order valence-corrected chi connectivity index (χ3v) is 7.57. The number of ether oxygens (including phenoxy) is 1. The van der Waals surface area contributed by atoms with Crippen LogP contribution in [-0.4, -0.2) is 55.2 Å². The fourth-order valence-electron chi connectivity index (χ4n) is 2.92. The highest BCUT2D eigenvalue weighted by Crippen LogP contribution is 2.24. The number of morpholine rings is 1. The van der Waals surface area contributed by atoms with Crippen molar-refractivity contribution in [1.82, 2.24) is 14.6 Å². The van der Waals surface area contributed by atoms with Crippen molar-refractivity contribution in [1.29, 1.82) is 0 Å². The second-order valence-corrected chi connectivity index (χ2v) is 10.0. The van der Waals surface area contributed by atoms with Gasteiger partial charge in [0.2, 0.25) is 15.9 Å². The van der Waals surface area contributed by atoms with Crippen LogP contribution >= 0.6 is 11.8 Å². The van der Waals surface area contributed by atoms with Crippen LogP contribution in [0.4, 0.5) is 0 Å². The minimum atomic E-state index is -3.57. The quantitative estimate of drug-likeness (QED) is 0.672. The van der Waals surface area contributed by atoms with Gasteiger partial charge < -0.3 is 10.1 Å². The molecule has 2 unspecified atom stereocenters. The van der Waals surface area contributed by atoms with Crippen molar-refractivity contribution in [3.8, 4) is 0 Å². The van der Waals surface area contributed by atoms with E-state index in [0.29, 0.717) is 31.3 Å². The summed E-state index contributed by atoms with van der Waals surface area (Å²) in [6.07, 6.45) is 1.35. The van der Waals surface area contributed by atoms with Crippen LogP contribution in [0.15, 0.2) is 58.6 Å². The molecule has 0 spiro atoms. The van der Waals surface area contributed by atoms with E-state index in [9.17, 15) is 13.2 Å². The largest absolute Gasteiger partial charge is 0.379 e. The van der Waals surface area contributed by atoms with Crippen molar-refractivity contribution in [3.05, 3.63) is 54.2 Å². The van der Waals surface area contributed by atoms with Gasteiger partial charge in [0.25, 0.3) is 0 Å². The van der Waals surface area contributed by atoms with Crippen molar-refractivity contribution in [2.75, 3.05) is 26.3 Å². The van der Waals surface area contributed by atoms with Crippen LogP contribution < -0.4 is 5.32 Å². The molecule has 1 aromatic carbocycles. The second kappa shape index (κ2) is 9.71. The van der Waals surface area contributed by atoms with E-state index < -0.39 is 10.0 Å². The van der Waals surface area contributed by atoms with Gasteiger partial charge >= 0.3 is 0 Å². The summed E-state index contributed by atoms with van der Waals surface area (Å²) in [6.45, 7) is 5.22. The fraction of sp³-hybridized carbons (Fsp3) is 0.400. The summed E-state index contributed by atoms with van der Waals surface area (Å²) in [6, 6.07) is 12.8. The number of rotatable bonds is 7. The molecular weight excluding hydrogens is 410 g/mol. The first kappa shape index (κ1) is 21.8. The minimum absolute atomic E-state index is 0.0965. The molecular formula is C20H25N3O4S2. The maximum absolute atomic E-state index is 12.6. The molecule has 1 N–H and O–H groups in total. The summed E-state index contributed by atoms with van der Waals surface area (Å²) in [4.78, 5) is 16.9. The number of thioether (sulfide) groups is 1. The predicted octanol–water partition coefficient (Wildman–Crippen LogP) is 2.46. The Kier molecular flexibility index (Phi) is 7.28. The Morgan fingerprint density at radius 1 is 1.14 bits per heavy atom. The van der Waals surface area contributed by atoms with Gasteiger partial charge in [0.1, 0.15) is 4.90 Å². The van der Waals surface area contributed by atoms with Gasteiger partial charge in [0, 0.05) is 19.3 Å². The lowest BCUT2D eigenvalue weighted by atomic mass is 10.1. The van der Waals surface area contributed by atoms with Crippen LogP contribution in [0.1, 0.15) is 25.5 Å². The number of amides is 1. The highest BCUT2D eigenvalue weighted by atomic mass is 32.2. The van der Waals surface area contributed by atoms with E-state index in [1.54, 1.807) is 13.0 Å². The van der Waals surface area contributed by atoms with E-state index in [4.69, 9.17) is 4.74 Å². The summed E-state index contributed by atoms with van der Waals surface area (Å²) in [7, 11) is -3.57. The molecule has 3 rings (SSSR count). The first-order chi connectivity index (χ1) is 13.9. The fourth-order valence-corrected chi connectivity index (χ4v) is 5.07. The maximum Gasteiger partial charge on any atom is 0.244 e. The molecule has 1 aromatic heterocycles. The predicted molar refractivity (Wildman–Crippen MR) is 112 cm³/mol. The topological polar surface area (TPSA) is 88.6 Å². The lowest BCUT2D eigenvalue weighted by Crippen LogP contribution is -2.40. The Hall–Kier alpha value is -1.94. The molecule has 1 aliphatic heterocycles. The Balaban J connectivity index is 1.59. The van der Waals surface area contributed by atoms with Gasteiger partial charge in [-0.2, -0.15) is 4.31 Å². The Morgan fingerprint density at radius 3 is 2.45 bits per heavy atom. The van der Waals surface area contributed by atoms with Crippen LogP contribution in [0, 0.1) is 0 Å². The molecule has 0 radical (unpaired) electrons. The molecule has 1 saturated heterocycles. The van der Waals surface area contributed by atoms with Gasteiger partial charge in [-0.1, -0.05) is 42.1 Å². The van der Waals surface area contributed by atoms with Crippen LogP contribution in [0.25, 0.3) is 0 Å². The van der Waals surface area contributed by atoms with Gasteiger partial charge in [-0.15, -0.1) is 0 Å². The zero-order chi connectivity index (χ0) is 20.9. The van der Waals surface area contributed by atoms with Crippen molar-refractivity contribution >= 4 is 27.7 Å². The zero-order valence-corrected chi connectivity index (χ0v) is 18.1. The van der Waals surface area contributed by atoms with Gasteiger partial charge in [-0.25, -0.2) is 13.4 Å². The summed E-state index contributed by atoms with van der Waals surface area (Å²) in [5, 5.41) is 3.23. The van der Waals surface area contributed by atoms with Crippen LogP contribution in [0.5, 0.6) is 0 Å².